The van der Waals surface area contributed by atoms with Crippen molar-refractivity contribution < 1.29 is 4.42 Å². The third-order valence-electron chi connectivity index (χ3n) is 25.7. The Bertz CT molecular complexity index is 8980. The molecule has 0 saturated carbocycles. The van der Waals surface area contributed by atoms with Crippen LogP contribution in [-0.4, -0.2) is 51.8 Å². The lowest BCUT2D eigenvalue weighted by molar-refractivity contribution is 0.669. The number of hydrogen-bond acceptors (Lipinski definition) is 8. The highest BCUT2D eigenvalue weighted by Gasteiger charge is 2.26. The number of thiophene rings is 2. The number of pyridine rings is 5. The van der Waals surface area contributed by atoms with Crippen molar-refractivity contribution in [2.75, 3.05) is 0 Å². The number of rotatable bonds is 3. The summed E-state index contributed by atoms with van der Waals surface area (Å²) in [6.07, 6.45) is 3.77. The molecule has 0 unspecified atom stereocenters. The van der Waals surface area contributed by atoms with Crippen LogP contribution in [-0.2, 0) is 0 Å². The molecule has 0 spiro atoms. The van der Waals surface area contributed by atoms with Crippen molar-refractivity contribution in [3.63, 3.8) is 0 Å². The van der Waals surface area contributed by atoms with Crippen LogP contribution in [0.5, 0.6) is 0 Å². The van der Waals surface area contributed by atoms with Crippen molar-refractivity contribution in [2.24, 2.45) is 0 Å². The van der Waals surface area contributed by atoms with Gasteiger partial charge in [0.15, 0.2) is 0 Å². The second-order valence-electron chi connectivity index (χ2n) is 32.2. The second-order valence-corrected chi connectivity index (χ2v) is 34.4. The first-order chi connectivity index (χ1) is 61.0. The zero-order valence-electron chi connectivity index (χ0n) is 65.4. The van der Waals surface area contributed by atoms with E-state index in [-0.39, 0.29) is 0 Å². The van der Waals surface area contributed by atoms with Crippen LogP contribution in [0.3, 0.4) is 0 Å². The van der Waals surface area contributed by atoms with Crippen LogP contribution in [0.4, 0.5) is 0 Å². The van der Waals surface area contributed by atoms with E-state index in [9.17, 15) is 0 Å². The van der Waals surface area contributed by atoms with E-state index in [1.165, 1.54) is 111 Å². The van der Waals surface area contributed by atoms with E-state index < -0.39 is 0 Å². The van der Waals surface area contributed by atoms with Gasteiger partial charge in [-0.2, -0.15) is 0 Å². The van der Waals surface area contributed by atoms with E-state index >= 15 is 0 Å². The molecule has 0 saturated heterocycles. The molecule has 0 aliphatic carbocycles. The number of para-hydroxylation sites is 11. The van der Waals surface area contributed by atoms with E-state index in [1.54, 1.807) is 0 Å². The van der Waals surface area contributed by atoms with E-state index in [1.807, 2.05) is 65.4 Å². The summed E-state index contributed by atoms with van der Waals surface area (Å²) in [6, 6.07) is 128. The highest BCUT2D eigenvalue weighted by Crippen LogP contribution is 2.49. The van der Waals surface area contributed by atoms with E-state index in [0.717, 1.165) is 149 Å². The van der Waals surface area contributed by atoms with Crippen LogP contribution in [0.1, 0.15) is 0 Å². The minimum atomic E-state index is 0.899. The summed E-state index contributed by atoms with van der Waals surface area (Å²) in [5, 5.41) is 24.1. The molecule has 0 amide bonds. The SMILES string of the molecule is c1ccc(-n2c3cc4oc5ccccc5c4cc3c3cc4c5ccccc5n5c6ccccc6nc5c4cc32)cc1.c1ccc(-n2c3cc4sc5ccccc5c4cc3c3cc4c(cc32)c2nc3ccccc3n2c2cccnc42)cc1.c1ccc(-n2c3cc4sc5ccccc5c4cc3c3cc4c5cccnc5n5c6ccccc6nc5c4cc32)cc1. The average Bonchev–Trinajstić information content (AvgIpc) is 1.55. The first-order valence-electron chi connectivity index (χ1n) is 41.4. The third kappa shape index (κ3) is 9.49. The summed E-state index contributed by atoms with van der Waals surface area (Å²) >= 11 is 3.73. The van der Waals surface area contributed by atoms with Crippen LogP contribution in [0.25, 0.3) is 260 Å². The molecule has 0 aliphatic rings. The molecule has 30 aromatic rings. The van der Waals surface area contributed by atoms with Gasteiger partial charge in [0.2, 0.25) is 0 Å². The van der Waals surface area contributed by atoms with Gasteiger partial charge in [0.05, 0.1) is 82.8 Å². The molecular weight excluding hydrogens is 1540 g/mol. The monoisotopic (exact) mass is 1600 g/mol. The predicted octanol–water partition coefficient (Wildman–Crippen LogP) is 29.1. The van der Waals surface area contributed by atoms with Crippen molar-refractivity contribution >= 4 is 266 Å². The van der Waals surface area contributed by atoms with Gasteiger partial charge in [-0.05, 0) is 199 Å². The van der Waals surface area contributed by atoms with Gasteiger partial charge in [-0.1, -0.05) is 164 Å². The molecule has 0 atom stereocenters. The number of aromatic nitrogens is 11. The largest absolute Gasteiger partial charge is 0.456 e. The maximum Gasteiger partial charge on any atom is 0.147 e. The van der Waals surface area contributed by atoms with Crippen molar-refractivity contribution in [2.45, 2.75) is 0 Å². The topological polar surface area (TPSA) is 106 Å². The molecule has 0 fully saturated rings. The van der Waals surface area contributed by atoms with Crippen molar-refractivity contribution in [1.82, 2.24) is 51.8 Å². The van der Waals surface area contributed by atoms with Crippen LogP contribution < -0.4 is 0 Å². The standard InChI is InChI=1S/C37H21N3O.2C36H20N4S/c1-2-10-22(11-3-1)39-33-20-29-25(23-12-4-7-15-31(23)40-32-16-8-6-14-30(32)38-37(29)40)18-26(33)27-19-28-24-13-5-9-17-35(24)41-36(28)21-34(27)39;1-2-9-21(10-3-1)39-31-19-28-24(23-12-8-16-37-35(23)40-30-14-6-5-13-29(30)38-36(28)40)17-25(31)26-18-27-22-11-4-7-15-33(22)41-34(27)20-32(26)39;1-2-9-21(10-3-1)39-31-19-27-26(35-30(14-8-16-37-35)40-29-13-6-5-12-28(29)38-36(27)40)18-24(31)23-17-25-22-11-4-7-15-33(22)41-34(25)20-32(23)39/h1-21H;2*1-20H. The third-order valence-corrected chi connectivity index (χ3v) is 27.9. The zero-order valence-corrected chi connectivity index (χ0v) is 67.0. The summed E-state index contributed by atoms with van der Waals surface area (Å²) in [5.74, 6) is 0. The predicted molar refractivity (Wildman–Crippen MR) is 515 cm³/mol. The molecule has 14 heterocycles. The lowest BCUT2D eigenvalue weighted by Crippen LogP contribution is -1.95. The quantitative estimate of drug-likeness (QED) is 0.163. The number of benzene rings is 16. The highest BCUT2D eigenvalue weighted by molar-refractivity contribution is 7.26. The van der Waals surface area contributed by atoms with Crippen LogP contribution in [0.2, 0.25) is 0 Å². The van der Waals surface area contributed by atoms with Crippen molar-refractivity contribution in [3.05, 3.63) is 370 Å². The molecule has 0 aliphatic heterocycles. The number of fused-ring (bicyclic) bond motifs is 42. The zero-order chi connectivity index (χ0) is 80.0. The van der Waals surface area contributed by atoms with Gasteiger partial charge in [-0.15, -0.1) is 22.7 Å². The first-order valence-corrected chi connectivity index (χ1v) is 43.1. The first kappa shape index (κ1) is 66.8. The summed E-state index contributed by atoms with van der Waals surface area (Å²) in [6.45, 7) is 0. The Hall–Kier alpha value is -16.1. The summed E-state index contributed by atoms with van der Waals surface area (Å²) in [7, 11) is 0. The molecule has 0 bridgehead atoms. The number of hydrogen-bond donors (Lipinski definition) is 0. The molecule has 570 valence electrons. The van der Waals surface area contributed by atoms with Crippen molar-refractivity contribution in [1.29, 1.82) is 0 Å². The molecule has 14 aromatic heterocycles. The fourth-order valence-corrected chi connectivity index (χ4v) is 22.6. The van der Waals surface area contributed by atoms with Gasteiger partial charge < -0.3 is 18.1 Å². The molecule has 0 N–H and O–H groups in total. The number of furan rings is 1. The Morgan fingerprint density at radius 2 is 0.561 bits per heavy atom. The number of imidazole rings is 3. The van der Waals surface area contributed by atoms with Crippen molar-refractivity contribution in [3.8, 4) is 17.1 Å². The lowest BCUT2D eigenvalue weighted by Gasteiger charge is -2.11. The Balaban J connectivity index is 0.0000000946. The van der Waals surface area contributed by atoms with Crippen LogP contribution in [0, 0.1) is 0 Å². The summed E-state index contributed by atoms with van der Waals surface area (Å²) < 4.78 is 25.6. The molecular formula is C109H61N11OS2. The maximum atomic E-state index is 6.35. The smallest absolute Gasteiger partial charge is 0.147 e. The van der Waals surface area contributed by atoms with Gasteiger partial charge in [-0.25, -0.2) is 19.9 Å². The van der Waals surface area contributed by atoms with E-state index in [2.05, 4.69) is 354 Å². The molecule has 14 heteroatoms. The molecule has 123 heavy (non-hydrogen) atoms. The summed E-state index contributed by atoms with van der Waals surface area (Å²) in [5.41, 5.74) is 25.6. The molecule has 0 radical (unpaired) electrons. The second kappa shape index (κ2) is 25.2. The minimum absolute atomic E-state index is 0.899. The van der Waals surface area contributed by atoms with Gasteiger partial charge in [-0.3, -0.25) is 18.2 Å². The van der Waals surface area contributed by atoms with E-state index in [4.69, 9.17) is 29.3 Å². The van der Waals surface area contributed by atoms with Gasteiger partial charge >= 0.3 is 0 Å². The van der Waals surface area contributed by atoms with Crippen LogP contribution in [0.15, 0.2) is 375 Å². The fourth-order valence-electron chi connectivity index (χ4n) is 20.4. The minimum Gasteiger partial charge on any atom is -0.456 e. The Morgan fingerprint density at radius 3 is 1.11 bits per heavy atom. The van der Waals surface area contributed by atoms with E-state index in [0.29, 0.717) is 0 Å². The van der Waals surface area contributed by atoms with Gasteiger partial charge in [0.1, 0.15) is 33.8 Å². The Kier molecular flexibility index (Phi) is 13.7. The average molecular weight is 1600 g/mol. The maximum absolute atomic E-state index is 6.35. The highest BCUT2D eigenvalue weighted by atomic mass is 32.1. The normalized spacial score (nSPS) is 12.4. The Morgan fingerprint density at radius 1 is 0.195 bits per heavy atom. The molecule has 30 rings (SSSR count). The Labute approximate surface area is 704 Å². The summed E-state index contributed by atoms with van der Waals surface area (Å²) in [4.78, 5) is 25.3. The van der Waals surface area contributed by atoms with Crippen LogP contribution >= 0.6 is 22.7 Å². The lowest BCUT2D eigenvalue weighted by atomic mass is 10.0. The molecule has 12 nitrogen and oxygen atoms in total. The fraction of sp³-hybridized carbons (Fsp3) is 0. The molecule has 16 aromatic carbocycles. The number of nitrogens with zero attached hydrogens (tertiary/aromatic N) is 11. The van der Waals surface area contributed by atoms with Gasteiger partial charge in [0.25, 0.3) is 0 Å². The van der Waals surface area contributed by atoms with Gasteiger partial charge in [0, 0.05) is 151 Å².